The molecule has 0 radical (unpaired) electrons. The Morgan fingerprint density at radius 3 is 2.55 bits per heavy atom. The van der Waals surface area contributed by atoms with Gasteiger partial charge in [0.15, 0.2) is 0 Å². The van der Waals surface area contributed by atoms with E-state index in [1.807, 2.05) is 36.4 Å². The van der Waals surface area contributed by atoms with Crippen molar-refractivity contribution < 1.29 is 19.3 Å². The van der Waals surface area contributed by atoms with Crippen molar-refractivity contribution in [2.24, 2.45) is 0 Å². The summed E-state index contributed by atoms with van der Waals surface area (Å²) in [5.41, 5.74) is 3.32. The third kappa shape index (κ3) is 4.52. The molecule has 2 N–H and O–H groups in total. The van der Waals surface area contributed by atoms with Gasteiger partial charge in [-0.3, -0.25) is 10.00 Å². The molecule has 0 amide bonds. The highest BCUT2D eigenvalue weighted by molar-refractivity contribution is 5.83. The van der Waals surface area contributed by atoms with Gasteiger partial charge < -0.3 is 19.3 Å². The molecular formula is C22H25N3O4. The number of ether oxygens (including phenoxy) is 3. The molecule has 4 rings (SSSR count). The summed E-state index contributed by atoms with van der Waals surface area (Å²) < 4.78 is 16.4. The summed E-state index contributed by atoms with van der Waals surface area (Å²) in [6.45, 7) is 4.82. The Labute approximate surface area is 169 Å². The van der Waals surface area contributed by atoms with Crippen molar-refractivity contribution in [2.75, 3.05) is 46.6 Å². The summed E-state index contributed by atoms with van der Waals surface area (Å²) in [5, 5.41) is 17.8. The van der Waals surface area contributed by atoms with Crippen LogP contribution in [-0.4, -0.2) is 66.8 Å². The highest BCUT2D eigenvalue weighted by Gasteiger charge is 2.15. The molecule has 1 aliphatic rings. The van der Waals surface area contributed by atoms with Gasteiger partial charge in [-0.25, -0.2) is 0 Å². The number of aromatic hydroxyl groups is 1. The molecule has 0 bridgehead atoms. The molecule has 0 spiro atoms. The van der Waals surface area contributed by atoms with Crippen molar-refractivity contribution >= 4 is 0 Å². The summed E-state index contributed by atoms with van der Waals surface area (Å²) in [7, 11) is 1.64. The lowest BCUT2D eigenvalue weighted by Crippen LogP contribution is -2.38. The van der Waals surface area contributed by atoms with Crippen LogP contribution in [0.15, 0.2) is 48.7 Å². The molecule has 3 aromatic rings. The first kappa shape index (κ1) is 19.3. The average Bonchev–Trinajstić information content (AvgIpc) is 3.24. The van der Waals surface area contributed by atoms with Crippen LogP contribution in [0.3, 0.4) is 0 Å². The number of morpholine rings is 1. The quantitative estimate of drug-likeness (QED) is 0.640. The molecule has 1 fully saturated rings. The van der Waals surface area contributed by atoms with Gasteiger partial charge >= 0.3 is 0 Å². The first-order chi connectivity index (χ1) is 14.2. The Morgan fingerprint density at radius 2 is 1.83 bits per heavy atom. The molecule has 7 heteroatoms. The number of hydrogen-bond donors (Lipinski definition) is 2. The number of hydrogen-bond acceptors (Lipinski definition) is 6. The fraction of sp³-hybridized carbons (Fsp3) is 0.318. The van der Waals surface area contributed by atoms with Gasteiger partial charge in [-0.15, -0.1) is 0 Å². The molecule has 2 heterocycles. The van der Waals surface area contributed by atoms with E-state index in [4.69, 9.17) is 14.2 Å². The molecular weight excluding hydrogens is 370 g/mol. The molecule has 0 atom stereocenters. The molecule has 2 aromatic carbocycles. The molecule has 0 unspecified atom stereocenters. The maximum Gasteiger partial charge on any atom is 0.128 e. The molecule has 152 valence electrons. The van der Waals surface area contributed by atoms with Crippen LogP contribution in [0.5, 0.6) is 17.2 Å². The van der Waals surface area contributed by atoms with E-state index in [9.17, 15) is 5.11 Å². The monoisotopic (exact) mass is 395 g/mol. The zero-order valence-electron chi connectivity index (χ0n) is 16.4. The Kier molecular flexibility index (Phi) is 5.97. The Hall–Kier alpha value is -3.03. The van der Waals surface area contributed by atoms with Crippen LogP contribution in [0, 0.1) is 0 Å². The molecule has 0 aliphatic carbocycles. The first-order valence-electron chi connectivity index (χ1n) is 9.68. The number of methoxy groups -OCH3 is 1. The second-order valence-corrected chi connectivity index (χ2v) is 6.87. The number of rotatable bonds is 7. The summed E-state index contributed by atoms with van der Waals surface area (Å²) in [6.07, 6.45) is 1.75. The average molecular weight is 395 g/mol. The van der Waals surface area contributed by atoms with E-state index >= 15 is 0 Å². The molecule has 29 heavy (non-hydrogen) atoms. The van der Waals surface area contributed by atoms with Crippen LogP contribution in [-0.2, 0) is 4.74 Å². The minimum absolute atomic E-state index is 0.146. The highest BCUT2D eigenvalue weighted by atomic mass is 16.5. The van der Waals surface area contributed by atoms with Crippen molar-refractivity contribution in [2.45, 2.75) is 0 Å². The number of benzene rings is 2. The number of phenolic OH excluding ortho intramolecular Hbond substituents is 1. The zero-order chi connectivity index (χ0) is 20.1. The number of aromatic amines is 1. The van der Waals surface area contributed by atoms with E-state index in [1.165, 1.54) is 0 Å². The van der Waals surface area contributed by atoms with Gasteiger partial charge in [-0.2, -0.15) is 5.10 Å². The van der Waals surface area contributed by atoms with E-state index in [1.54, 1.807) is 19.4 Å². The minimum atomic E-state index is 0.146. The van der Waals surface area contributed by atoms with Crippen LogP contribution in [0.2, 0.25) is 0 Å². The summed E-state index contributed by atoms with van der Waals surface area (Å²) in [4.78, 5) is 2.31. The molecule has 0 saturated carbocycles. The van der Waals surface area contributed by atoms with Gasteiger partial charge in [-0.05, 0) is 29.8 Å². The fourth-order valence-electron chi connectivity index (χ4n) is 3.41. The number of phenols is 1. The van der Waals surface area contributed by atoms with Crippen molar-refractivity contribution in [3.8, 4) is 39.6 Å². The second-order valence-electron chi connectivity index (χ2n) is 6.87. The van der Waals surface area contributed by atoms with Crippen LogP contribution in [0.4, 0.5) is 0 Å². The zero-order valence-corrected chi connectivity index (χ0v) is 16.4. The number of aromatic nitrogens is 2. The maximum atomic E-state index is 10.6. The van der Waals surface area contributed by atoms with Gasteiger partial charge in [0.1, 0.15) is 23.9 Å². The van der Waals surface area contributed by atoms with Gasteiger partial charge in [0.2, 0.25) is 0 Å². The van der Waals surface area contributed by atoms with Crippen LogP contribution >= 0.6 is 0 Å². The normalized spacial score (nSPS) is 14.7. The first-order valence-corrected chi connectivity index (χ1v) is 9.68. The Bertz CT molecular complexity index is 933. The molecule has 1 aromatic heterocycles. The van der Waals surface area contributed by atoms with E-state index in [2.05, 4.69) is 15.1 Å². The topological polar surface area (TPSA) is 79.8 Å². The summed E-state index contributed by atoms with van der Waals surface area (Å²) in [6, 6.07) is 13.1. The predicted octanol–water partition coefficient (Wildman–Crippen LogP) is 3.17. The standard InChI is InChI=1S/C22H25N3O4/c1-27-17-4-2-16(3-5-17)20-15-23-24-22(20)19-7-6-18(14-21(19)26)29-13-10-25-8-11-28-12-9-25/h2-7,14-15,26H,8-13H2,1H3,(H,23,24). The lowest BCUT2D eigenvalue weighted by molar-refractivity contribution is 0.0322. The van der Waals surface area contributed by atoms with Crippen molar-refractivity contribution in [1.29, 1.82) is 0 Å². The minimum Gasteiger partial charge on any atom is -0.507 e. The van der Waals surface area contributed by atoms with Gasteiger partial charge in [0.25, 0.3) is 0 Å². The van der Waals surface area contributed by atoms with Gasteiger partial charge in [0.05, 0.1) is 32.2 Å². The van der Waals surface area contributed by atoms with Crippen molar-refractivity contribution in [3.63, 3.8) is 0 Å². The number of nitrogens with one attached hydrogen (secondary N) is 1. The van der Waals surface area contributed by atoms with Crippen LogP contribution in [0.1, 0.15) is 0 Å². The maximum absolute atomic E-state index is 10.6. The van der Waals surface area contributed by atoms with Crippen LogP contribution < -0.4 is 9.47 Å². The molecule has 7 nitrogen and oxygen atoms in total. The summed E-state index contributed by atoms with van der Waals surface area (Å²) in [5.74, 6) is 1.58. The number of nitrogens with zero attached hydrogens (tertiary/aromatic N) is 2. The molecule has 1 aliphatic heterocycles. The van der Waals surface area contributed by atoms with E-state index in [0.717, 1.165) is 55.4 Å². The Morgan fingerprint density at radius 1 is 1.07 bits per heavy atom. The smallest absolute Gasteiger partial charge is 0.128 e. The fourth-order valence-corrected chi connectivity index (χ4v) is 3.41. The van der Waals surface area contributed by atoms with E-state index in [0.29, 0.717) is 17.9 Å². The molecule has 1 saturated heterocycles. The highest BCUT2D eigenvalue weighted by Crippen LogP contribution is 2.37. The van der Waals surface area contributed by atoms with E-state index < -0.39 is 0 Å². The largest absolute Gasteiger partial charge is 0.507 e. The third-order valence-corrected chi connectivity index (χ3v) is 5.06. The number of H-pyrrole nitrogens is 1. The van der Waals surface area contributed by atoms with Crippen molar-refractivity contribution in [3.05, 3.63) is 48.7 Å². The van der Waals surface area contributed by atoms with Crippen molar-refractivity contribution in [1.82, 2.24) is 15.1 Å². The van der Waals surface area contributed by atoms with Crippen LogP contribution in [0.25, 0.3) is 22.4 Å². The van der Waals surface area contributed by atoms with Gasteiger partial charge in [-0.1, -0.05) is 12.1 Å². The lowest BCUT2D eigenvalue weighted by Gasteiger charge is -2.26. The Balaban J connectivity index is 1.46. The lowest BCUT2D eigenvalue weighted by atomic mass is 10.0. The third-order valence-electron chi connectivity index (χ3n) is 5.06. The van der Waals surface area contributed by atoms with E-state index in [-0.39, 0.29) is 5.75 Å². The SMILES string of the molecule is COc1ccc(-c2cn[nH]c2-c2ccc(OCCN3CCOCC3)cc2O)cc1. The second kappa shape index (κ2) is 8.98. The summed E-state index contributed by atoms with van der Waals surface area (Å²) >= 11 is 0. The predicted molar refractivity (Wildman–Crippen MR) is 110 cm³/mol. The van der Waals surface area contributed by atoms with Gasteiger partial charge in [0, 0.05) is 36.8 Å².